The van der Waals surface area contributed by atoms with Crippen molar-refractivity contribution in [3.05, 3.63) is 24.0 Å². The van der Waals surface area contributed by atoms with Crippen LogP contribution in [0, 0.1) is 0 Å². The Labute approximate surface area is 152 Å². The van der Waals surface area contributed by atoms with E-state index < -0.39 is 0 Å². The maximum atomic E-state index is 11.7. The normalized spacial score (nSPS) is 17.0. The maximum absolute atomic E-state index is 11.7. The minimum absolute atomic E-state index is 0.0376. The van der Waals surface area contributed by atoms with Crippen LogP contribution in [0.1, 0.15) is 31.4 Å². The first kappa shape index (κ1) is 18.3. The molecule has 8 heteroatoms. The molecule has 0 saturated carbocycles. The van der Waals surface area contributed by atoms with Crippen LogP contribution in [-0.2, 0) is 20.9 Å². The Morgan fingerprint density at radius 2 is 2.27 bits per heavy atom. The number of hydrogen-bond donors (Lipinski definition) is 1. The highest BCUT2D eigenvalue weighted by molar-refractivity contribution is 5.79. The number of rotatable bonds is 7. The van der Waals surface area contributed by atoms with Gasteiger partial charge in [-0.2, -0.15) is 5.10 Å². The highest BCUT2D eigenvalue weighted by Gasteiger charge is 2.29. The van der Waals surface area contributed by atoms with Crippen LogP contribution in [0.15, 0.2) is 18.3 Å². The highest BCUT2D eigenvalue weighted by Crippen LogP contribution is 2.31. The van der Waals surface area contributed by atoms with Gasteiger partial charge in [0.15, 0.2) is 5.65 Å². The lowest BCUT2D eigenvalue weighted by atomic mass is 10.0. The molecule has 1 aliphatic heterocycles. The zero-order valence-corrected chi connectivity index (χ0v) is 15.3. The summed E-state index contributed by atoms with van der Waals surface area (Å²) in [5, 5.41) is 8.66. The van der Waals surface area contributed by atoms with Crippen molar-refractivity contribution in [1.82, 2.24) is 25.0 Å². The molecule has 0 spiro atoms. The summed E-state index contributed by atoms with van der Waals surface area (Å²) in [7, 11) is 1.58. The Kier molecular flexibility index (Phi) is 5.82. The Balaban J connectivity index is 1.71. The van der Waals surface area contributed by atoms with E-state index in [2.05, 4.69) is 10.3 Å². The fraction of sp³-hybridized carbons (Fsp3) is 0.556. The average molecular weight is 359 g/mol. The Hall–Kier alpha value is -2.48. The topological polar surface area (TPSA) is 89.4 Å². The van der Waals surface area contributed by atoms with Crippen LogP contribution in [0.25, 0.3) is 11.0 Å². The molecule has 3 rings (SSSR count). The number of nitrogens with one attached hydrogen (secondary N) is 1. The fourth-order valence-electron chi connectivity index (χ4n) is 3.35. The van der Waals surface area contributed by atoms with Gasteiger partial charge in [0.05, 0.1) is 18.8 Å². The highest BCUT2D eigenvalue weighted by atomic mass is 16.5. The molecule has 8 nitrogen and oxygen atoms in total. The fourth-order valence-corrected chi connectivity index (χ4v) is 3.35. The lowest BCUT2D eigenvalue weighted by Gasteiger charge is -2.12. The lowest BCUT2D eigenvalue weighted by molar-refractivity contribution is -0.127. The number of likely N-dealkylation sites (tertiary alicyclic amines) is 1. The predicted octanol–water partition coefficient (Wildman–Crippen LogP) is 0.920. The van der Waals surface area contributed by atoms with E-state index in [-0.39, 0.29) is 17.7 Å². The number of nitrogens with zero attached hydrogens (tertiary/aromatic N) is 4. The van der Waals surface area contributed by atoms with E-state index in [1.807, 2.05) is 21.7 Å². The van der Waals surface area contributed by atoms with E-state index in [1.165, 1.54) is 0 Å². The summed E-state index contributed by atoms with van der Waals surface area (Å²) in [5.74, 6) is 0.292. The molecule has 3 heterocycles. The third kappa shape index (κ3) is 4.01. The second-order valence-electron chi connectivity index (χ2n) is 6.53. The van der Waals surface area contributed by atoms with Crippen LogP contribution >= 0.6 is 0 Å². The Morgan fingerprint density at radius 1 is 1.42 bits per heavy atom. The van der Waals surface area contributed by atoms with Gasteiger partial charge in [-0.1, -0.05) is 0 Å². The van der Waals surface area contributed by atoms with Crippen LogP contribution in [-0.4, -0.2) is 64.8 Å². The molecular formula is C18H25N5O3. The second kappa shape index (κ2) is 8.27. The summed E-state index contributed by atoms with van der Waals surface area (Å²) in [6.45, 7) is 4.52. The lowest BCUT2D eigenvalue weighted by Crippen LogP contribution is -2.28. The number of hydrogen-bond acceptors (Lipinski definition) is 5. The minimum Gasteiger partial charge on any atom is -0.384 e. The largest absolute Gasteiger partial charge is 0.384 e. The number of amides is 2. The van der Waals surface area contributed by atoms with Crippen molar-refractivity contribution < 1.29 is 14.3 Å². The average Bonchev–Trinajstić information content (AvgIpc) is 3.25. The van der Waals surface area contributed by atoms with Crippen LogP contribution in [0.5, 0.6) is 0 Å². The first-order valence-electron chi connectivity index (χ1n) is 8.92. The number of ether oxygens (including phenoxy) is 1. The zero-order valence-electron chi connectivity index (χ0n) is 15.3. The molecule has 1 N–H and O–H groups in total. The number of carbonyl (C=O) groups excluding carboxylic acids is 2. The third-order valence-corrected chi connectivity index (χ3v) is 4.73. The number of aromatic nitrogens is 3. The van der Waals surface area contributed by atoms with E-state index >= 15 is 0 Å². The summed E-state index contributed by atoms with van der Waals surface area (Å²) in [6.07, 6.45) is 3.01. The van der Waals surface area contributed by atoms with Crippen LogP contribution in [0.3, 0.4) is 0 Å². The van der Waals surface area contributed by atoms with E-state index in [0.29, 0.717) is 32.7 Å². The van der Waals surface area contributed by atoms with Crippen LogP contribution in [0.2, 0.25) is 0 Å². The summed E-state index contributed by atoms with van der Waals surface area (Å²) < 4.78 is 6.75. The molecule has 26 heavy (non-hydrogen) atoms. The summed E-state index contributed by atoms with van der Waals surface area (Å²) >= 11 is 0. The monoisotopic (exact) mass is 359 g/mol. The zero-order chi connectivity index (χ0) is 18.5. The first-order chi connectivity index (χ1) is 12.6. The summed E-state index contributed by atoms with van der Waals surface area (Å²) in [6, 6.07) is 3.93. The maximum Gasteiger partial charge on any atom is 0.222 e. The molecule has 0 bridgehead atoms. The molecule has 1 fully saturated rings. The molecule has 1 aliphatic rings. The van der Waals surface area contributed by atoms with Gasteiger partial charge in [0.2, 0.25) is 11.8 Å². The molecular weight excluding hydrogens is 334 g/mol. The molecule has 0 aromatic carbocycles. The quantitative estimate of drug-likeness (QED) is 0.794. The smallest absolute Gasteiger partial charge is 0.222 e. The van der Waals surface area contributed by atoms with Gasteiger partial charge < -0.3 is 15.0 Å². The molecule has 1 atom stereocenters. The molecule has 0 radical (unpaired) electrons. The second-order valence-corrected chi connectivity index (χ2v) is 6.53. The van der Waals surface area contributed by atoms with Gasteiger partial charge in [0.1, 0.15) is 0 Å². The Bertz CT molecular complexity index is 788. The van der Waals surface area contributed by atoms with Crippen molar-refractivity contribution in [3.8, 4) is 0 Å². The van der Waals surface area contributed by atoms with Crippen molar-refractivity contribution in [2.75, 3.05) is 33.4 Å². The van der Waals surface area contributed by atoms with E-state index in [4.69, 9.17) is 9.84 Å². The van der Waals surface area contributed by atoms with Gasteiger partial charge in [0.25, 0.3) is 0 Å². The number of carbonyl (C=O) groups is 2. The van der Waals surface area contributed by atoms with Gasteiger partial charge in [-0.25, -0.2) is 9.67 Å². The van der Waals surface area contributed by atoms with Gasteiger partial charge >= 0.3 is 0 Å². The van der Waals surface area contributed by atoms with Crippen molar-refractivity contribution >= 4 is 22.8 Å². The van der Waals surface area contributed by atoms with Crippen molar-refractivity contribution in [2.45, 2.75) is 32.2 Å². The first-order valence-corrected chi connectivity index (χ1v) is 8.92. The predicted molar refractivity (Wildman–Crippen MR) is 96.6 cm³/mol. The summed E-state index contributed by atoms with van der Waals surface area (Å²) in [5.41, 5.74) is 1.80. The number of fused-ring (bicyclic) bond motifs is 1. The standard InChI is InChI=1S/C18H25N5O3/c1-13(24)22-9-5-14(12-22)17-15-4-3-7-20-18(15)23(21-17)10-8-19-16(25)6-11-26-2/h3-4,7,14H,5-6,8-12H2,1-2H3,(H,19,25). The van der Waals surface area contributed by atoms with Gasteiger partial charge in [0, 0.05) is 57.6 Å². The van der Waals surface area contributed by atoms with Crippen molar-refractivity contribution in [3.63, 3.8) is 0 Å². The van der Waals surface area contributed by atoms with E-state index in [1.54, 1.807) is 20.2 Å². The van der Waals surface area contributed by atoms with E-state index in [0.717, 1.165) is 29.7 Å². The van der Waals surface area contributed by atoms with Crippen LogP contribution < -0.4 is 5.32 Å². The molecule has 2 amide bonds. The molecule has 2 aromatic heterocycles. The SMILES string of the molecule is COCCC(=O)NCCn1nc(C2CCN(C(C)=O)C2)c2cccnc21. The van der Waals surface area contributed by atoms with E-state index in [9.17, 15) is 9.59 Å². The Morgan fingerprint density at radius 3 is 3.00 bits per heavy atom. The molecule has 2 aromatic rings. The molecule has 0 aliphatic carbocycles. The molecule has 140 valence electrons. The summed E-state index contributed by atoms with van der Waals surface area (Å²) in [4.78, 5) is 29.6. The van der Waals surface area contributed by atoms with Gasteiger partial charge in [-0.15, -0.1) is 0 Å². The number of pyridine rings is 1. The van der Waals surface area contributed by atoms with Crippen molar-refractivity contribution in [2.24, 2.45) is 0 Å². The number of methoxy groups -OCH3 is 1. The van der Waals surface area contributed by atoms with Crippen LogP contribution in [0.4, 0.5) is 0 Å². The molecule has 1 unspecified atom stereocenters. The molecule has 1 saturated heterocycles. The van der Waals surface area contributed by atoms with Gasteiger partial charge in [-0.05, 0) is 18.6 Å². The minimum atomic E-state index is -0.0376. The third-order valence-electron chi connectivity index (χ3n) is 4.73. The van der Waals surface area contributed by atoms with Gasteiger partial charge in [-0.3, -0.25) is 9.59 Å². The van der Waals surface area contributed by atoms with Crippen molar-refractivity contribution in [1.29, 1.82) is 0 Å².